The molecule has 0 spiro atoms. The number of hydrogen-bond acceptors (Lipinski definition) is 3. The second kappa shape index (κ2) is 6.53. The smallest absolute Gasteiger partial charge is 0.261 e. The van der Waals surface area contributed by atoms with Crippen LogP contribution < -0.4 is 10.1 Å². The van der Waals surface area contributed by atoms with Gasteiger partial charge in [-0.15, -0.1) is 11.3 Å². The lowest BCUT2D eigenvalue weighted by molar-refractivity contribution is 0.0943. The largest absolute Gasteiger partial charge is 0.496 e. The fourth-order valence-corrected chi connectivity index (χ4v) is 4.13. The van der Waals surface area contributed by atoms with Gasteiger partial charge >= 0.3 is 0 Å². The maximum Gasteiger partial charge on any atom is 0.261 e. The predicted octanol–water partition coefficient (Wildman–Crippen LogP) is 4.13. The topological polar surface area (TPSA) is 38.3 Å². The molecule has 1 aliphatic carbocycles. The quantitative estimate of drug-likeness (QED) is 0.921. The lowest BCUT2D eigenvalue weighted by atomic mass is 9.99. The van der Waals surface area contributed by atoms with E-state index in [0.29, 0.717) is 0 Å². The van der Waals surface area contributed by atoms with E-state index < -0.39 is 0 Å². The molecule has 0 bridgehead atoms. The van der Waals surface area contributed by atoms with Crippen LogP contribution in [0.15, 0.2) is 30.3 Å². The highest BCUT2D eigenvalue weighted by molar-refractivity contribution is 7.14. The van der Waals surface area contributed by atoms with E-state index in [1.807, 2.05) is 31.2 Å². The molecule has 1 aromatic carbocycles. The highest BCUT2D eigenvalue weighted by atomic mass is 32.1. The molecule has 116 valence electrons. The van der Waals surface area contributed by atoms with E-state index in [4.69, 9.17) is 4.74 Å². The van der Waals surface area contributed by atoms with E-state index in [2.05, 4.69) is 11.4 Å². The van der Waals surface area contributed by atoms with E-state index in [1.165, 1.54) is 23.3 Å². The van der Waals surface area contributed by atoms with Gasteiger partial charge in [0, 0.05) is 10.4 Å². The number of amides is 1. The highest BCUT2D eigenvalue weighted by Crippen LogP contribution is 2.30. The van der Waals surface area contributed by atoms with Crippen LogP contribution in [-0.4, -0.2) is 13.0 Å². The minimum absolute atomic E-state index is 0.0119. The Morgan fingerprint density at radius 3 is 2.82 bits per heavy atom. The van der Waals surface area contributed by atoms with Crippen molar-refractivity contribution in [2.24, 2.45) is 0 Å². The number of hydrogen-bond donors (Lipinski definition) is 1. The molecule has 1 N–H and O–H groups in total. The van der Waals surface area contributed by atoms with E-state index >= 15 is 0 Å². The molecule has 0 radical (unpaired) electrons. The summed E-state index contributed by atoms with van der Waals surface area (Å²) in [5, 5.41) is 3.09. The predicted molar refractivity (Wildman–Crippen MR) is 89.8 cm³/mol. The first-order chi connectivity index (χ1) is 10.7. The number of benzene rings is 1. The van der Waals surface area contributed by atoms with Gasteiger partial charge in [-0.05, 0) is 50.3 Å². The van der Waals surface area contributed by atoms with E-state index in [9.17, 15) is 4.79 Å². The van der Waals surface area contributed by atoms with Gasteiger partial charge in [-0.1, -0.05) is 18.2 Å². The molecule has 2 aromatic rings. The van der Waals surface area contributed by atoms with Crippen molar-refractivity contribution in [2.45, 2.75) is 38.6 Å². The lowest BCUT2D eigenvalue weighted by Crippen LogP contribution is -2.26. The van der Waals surface area contributed by atoms with Crippen molar-refractivity contribution in [3.05, 3.63) is 51.2 Å². The fourth-order valence-electron chi connectivity index (χ4n) is 2.97. The van der Waals surface area contributed by atoms with Gasteiger partial charge in [0.05, 0.1) is 18.0 Å². The van der Waals surface area contributed by atoms with Crippen LogP contribution in [0.3, 0.4) is 0 Å². The number of fused-ring (bicyclic) bond motifs is 1. The van der Waals surface area contributed by atoms with E-state index in [0.717, 1.165) is 29.0 Å². The minimum Gasteiger partial charge on any atom is -0.496 e. The van der Waals surface area contributed by atoms with Crippen molar-refractivity contribution >= 4 is 17.2 Å². The van der Waals surface area contributed by atoms with Gasteiger partial charge in [0.25, 0.3) is 5.91 Å². The molecular formula is C18H21NO2S. The summed E-state index contributed by atoms with van der Waals surface area (Å²) in [6.45, 7) is 1.99. The number of para-hydroxylation sites is 1. The molecule has 4 heteroatoms. The third kappa shape index (κ3) is 3.02. The van der Waals surface area contributed by atoms with Crippen molar-refractivity contribution in [1.82, 2.24) is 5.32 Å². The zero-order valence-electron chi connectivity index (χ0n) is 13.0. The molecule has 1 heterocycles. The molecule has 0 fully saturated rings. The molecule has 0 saturated carbocycles. The minimum atomic E-state index is -0.0808. The van der Waals surface area contributed by atoms with Gasteiger partial charge in [0.2, 0.25) is 0 Å². The van der Waals surface area contributed by atoms with Crippen LogP contribution in [0.4, 0.5) is 0 Å². The SMILES string of the molecule is COc1ccccc1[C@@H](C)NC(=O)c1cc2c(s1)CCCC2. The molecular weight excluding hydrogens is 294 g/mol. The van der Waals surface area contributed by atoms with Gasteiger partial charge in [0.15, 0.2) is 0 Å². The summed E-state index contributed by atoms with van der Waals surface area (Å²) in [6, 6.07) is 9.80. The van der Waals surface area contributed by atoms with Crippen LogP contribution in [0.2, 0.25) is 0 Å². The Bertz CT molecular complexity index is 654. The first-order valence-corrected chi connectivity index (χ1v) is 8.56. The number of thiophene rings is 1. The summed E-state index contributed by atoms with van der Waals surface area (Å²) in [5.74, 6) is 0.818. The molecule has 0 aliphatic heterocycles. The molecule has 1 atom stereocenters. The summed E-state index contributed by atoms with van der Waals surface area (Å²) in [4.78, 5) is 14.7. The van der Waals surface area contributed by atoms with Gasteiger partial charge < -0.3 is 10.1 Å². The molecule has 22 heavy (non-hydrogen) atoms. The molecule has 0 saturated heterocycles. The molecule has 3 nitrogen and oxygen atoms in total. The molecule has 1 aromatic heterocycles. The second-order valence-corrected chi connectivity index (χ2v) is 6.84. The van der Waals surface area contributed by atoms with Crippen LogP contribution in [-0.2, 0) is 12.8 Å². The number of nitrogens with one attached hydrogen (secondary N) is 1. The Kier molecular flexibility index (Phi) is 4.48. The molecule has 1 aliphatic rings. The first kappa shape index (κ1) is 15.1. The van der Waals surface area contributed by atoms with Gasteiger partial charge in [-0.25, -0.2) is 0 Å². The normalized spacial score (nSPS) is 15.0. The van der Waals surface area contributed by atoms with Crippen molar-refractivity contribution in [1.29, 1.82) is 0 Å². The first-order valence-electron chi connectivity index (χ1n) is 7.74. The molecule has 0 unspecified atom stereocenters. The van der Waals surface area contributed by atoms with Crippen LogP contribution in [0.5, 0.6) is 5.75 Å². The zero-order chi connectivity index (χ0) is 15.5. The average Bonchev–Trinajstić information content (AvgIpc) is 2.99. The van der Waals surface area contributed by atoms with E-state index in [1.54, 1.807) is 18.4 Å². The van der Waals surface area contributed by atoms with Crippen molar-refractivity contribution in [3.63, 3.8) is 0 Å². The highest BCUT2D eigenvalue weighted by Gasteiger charge is 2.19. The molecule has 3 rings (SSSR count). The van der Waals surface area contributed by atoms with Crippen LogP contribution >= 0.6 is 11.3 Å². The Balaban J connectivity index is 1.74. The Hall–Kier alpha value is -1.81. The van der Waals surface area contributed by atoms with Crippen LogP contribution in [0.25, 0.3) is 0 Å². The number of rotatable bonds is 4. The average molecular weight is 315 g/mol. The maximum atomic E-state index is 12.5. The van der Waals surface area contributed by atoms with Crippen molar-refractivity contribution in [2.75, 3.05) is 7.11 Å². The number of aryl methyl sites for hydroxylation is 2. The summed E-state index contributed by atoms with van der Waals surface area (Å²) >= 11 is 1.65. The third-order valence-electron chi connectivity index (χ3n) is 4.17. The number of ether oxygens (including phenoxy) is 1. The summed E-state index contributed by atoms with van der Waals surface area (Å²) in [5.41, 5.74) is 2.37. The Labute approximate surface area is 135 Å². The van der Waals surface area contributed by atoms with Crippen molar-refractivity contribution < 1.29 is 9.53 Å². The van der Waals surface area contributed by atoms with Gasteiger partial charge in [0.1, 0.15) is 5.75 Å². The summed E-state index contributed by atoms with van der Waals surface area (Å²) in [6.07, 6.45) is 4.71. The summed E-state index contributed by atoms with van der Waals surface area (Å²) < 4.78 is 5.37. The van der Waals surface area contributed by atoms with Crippen LogP contribution in [0.1, 0.15) is 51.5 Å². The van der Waals surface area contributed by atoms with Gasteiger partial charge in [-0.2, -0.15) is 0 Å². The van der Waals surface area contributed by atoms with Crippen molar-refractivity contribution in [3.8, 4) is 5.75 Å². The number of carbonyl (C=O) groups is 1. The maximum absolute atomic E-state index is 12.5. The van der Waals surface area contributed by atoms with Crippen LogP contribution in [0, 0.1) is 0 Å². The fraction of sp³-hybridized carbons (Fsp3) is 0.389. The Morgan fingerprint density at radius 2 is 2.05 bits per heavy atom. The third-order valence-corrected chi connectivity index (χ3v) is 5.41. The second-order valence-electron chi connectivity index (χ2n) is 5.70. The van der Waals surface area contributed by atoms with Gasteiger partial charge in [-0.3, -0.25) is 4.79 Å². The number of carbonyl (C=O) groups excluding carboxylic acids is 1. The lowest BCUT2D eigenvalue weighted by Gasteiger charge is -2.16. The standard InChI is InChI=1S/C18H21NO2S/c1-12(14-8-4-5-9-15(14)21-2)19-18(20)17-11-13-7-3-6-10-16(13)22-17/h4-5,8-9,11-12H,3,6-7,10H2,1-2H3,(H,19,20)/t12-/m1/s1. The monoisotopic (exact) mass is 315 g/mol. The zero-order valence-corrected chi connectivity index (χ0v) is 13.8. The number of methoxy groups -OCH3 is 1. The molecule has 1 amide bonds. The summed E-state index contributed by atoms with van der Waals surface area (Å²) in [7, 11) is 1.65. The van der Waals surface area contributed by atoms with E-state index in [-0.39, 0.29) is 11.9 Å². The Morgan fingerprint density at radius 1 is 1.27 bits per heavy atom.